The quantitative estimate of drug-likeness (QED) is 0.640. The van der Waals surface area contributed by atoms with Gasteiger partial charge in [0, 0.05) is 17.0 Å². The Hall–Kier alpha value is -2.35. The minimum absolute atomic E-state index is 0.354. The lowest BCUT2D eigenvalue weighted by molar-refractivity contribution is 0.243. The normalized spacial score (nSPS) is 20.5. The van der Waals surface area contributed by atoms with Crippen molar-refractivity contribution in [2.45, 2.75) is 25.7 Å². The summed E-state index contributed by atoms with van der Waals surface area (Å²) in [6.07, 6.45) is 0. The van der Waals surface area contributed by atoms with Crippen molar-refractivity contribution < 1.29 is 4.74 Å². The minimum Gasteiger partial charge on any atom is -0.493 e. The van der Waals surface area contributed by atoms with Crippen LogP contribution in [0.5, 0.6) is 5.75 Å². The summed E-state index contributed by atoms with van der Waals surface area (Å²) in [6.45, 7) is 5.12. The van der Waals surface area contributed by atoms with Gasteiger partial charge in [0.15, 0.2) is 0 Å². The van der Waals surface area contributed by atoms with Crippen LogP contribution in [0.2, 0.25) is 0 Å². The molecule has 2 atom stereocenters. The summed E-state index contributed by atoms with van der Waals surface area (Å²) in [6, 6.07) is 19.0. The number of hydrogen-bond donors (Lipinski definition) is 0. The van der Waals surface area contributed by atoms with Gasteiger partial charge in [-0.25, -0.2) is 0 Å². The van der Waals surface area contributed by atoms with Crippen LogP contribution in [-0.4, -0.2) is 11.6 Å². The Morgan fingerprint density at radius 2 is 1.77 bits per heavy atom. The van der Waals surface area contributed by atoms with Crippen molar-refractivity contribution in [3.8, 4) is 5.75 Å². The Morgan fingerprint density at radius 3 is 2.68 bits per heavy atom. The maximum absolute atomic E-state index is 6.00. The van der Waals surface area contributed by atoms with Crippen molar-refractivity contribution in [1.29, 1.82) is 0 Å². The fraction of sp³-hybridized carbons (Fsp3) is 0.250. The minimum atomic E-state index is 0.354. The smallest absolute Gasteiger partial charge is 0.122 e. The molecule has 0 amide bonds. The second kappa shape index (κ2) is 5.13. The molecule has 0 radical (unpaired) electrons. The van der Waals surface area contributed by atoms with Crippen molar-refractivity contribution in [3.05, 3.63) is 71.4 Å². The maximum Gasteiger partial charge on any atom is 0.122 e. The number of aromatic nitrogens is 1. The number of pyridine rings is 1. The predicted molar refractivity (Wildman–Crippen MR) is 89.6 cm³/mol. The van der Waals surface area contributed by atoms with Crippen molar-refractivity contribution in [1.82, 2.24) is 4.98 Å². The summed E-state index contributed by atoms with van der Waals surface area (Å²) in [5, 5.41) is 1.20. The van der Waals surface area contributed by atoms with E-state index in [1.807, 2.05) is 12.1 Å². The van der Waals surface area contributed by atoms with Gasteiger partial charge in [0.2, 0.25) is 0 Å². The van der Waals surface area contributed by atoms with Gasteiger partial charge >= 0.3 is 0 Å². The lowest BCUT2D eigenvalue weighted by Crippen LogP contribution is -2.23. The Balaban J connectivity index is 1.81. The van der Waals surface area contributed by atoms with Crippen LogP contribution >= 0.6 is 0 Å². The fourth-order valence-corrected chi connectivity index (χ4v) is 3.49. The lowest BCUT2D eigenvalue weighted by Gasteiger charge is -2.32. The third-order valence-electron chi connectivity index (χ3n) is 4.78. The van der Waals surface area contributed by atoms with E-state index in [9.17, 15) is 0 Å². The fourth-order valence-electron chi connectivity index (χ4n) is 3.49. The molecule has 0 saturated carbocycles. The van der Waals surface area contributed by atoms with Crippen LogP contribution in [0, 0.1) is 6.92 Å². The van der Waals surface area contributed by atoms with E-state index in [1.54, 1.807) is 0 Å². The highest BCUT2D eigenvalue weighted by atomic mass is 16.5. The summed E-state index contributed by atoms with van der Waals surface area (Å²) in [4.78, 5) is 4.79. The second-order valence-corrected chi connectivity index (χ2v) is 6.10. The molecule has 110 valence electrons. The summed E-state index contributed by atoms with van der Waals surface area (Å²) in [7, 11) is 0. The van der Waals surface area contributed by atoms with Crippen molar-refractivity contribution in [2.75, 3.05) is 6.61 Å². The predicted octanol–water partition coefficient (Wildman–Crippen LogP) is 4.82. The van der Waals surface area contributed by atoms with Crippen LogP contribution in [0.4, 0.5) is 0 Å². The molecule has 4 rings (SSSR count). The number of ether oxygens (including phenoxy) is 1. The zero-order valence-corrected chi connectivity index (χ0v) is 12.9. The van der Waals surface area contributed by atoms with E-state index in [4.69, 9.17) is 9.72 Å². The molecule has 0 N–H and O–H groups in total. The van der Waals surface area contributed by atoms with Gasteiger partial charge in [0.05, 0.1) is 12.1 Å². The summed E-state index contributed by atoms with van der Waals surface area (Å²) in [5.74, 6) is 1.82. The molecule has 22 heavy (non-hydrogen) atoms. The molecule has 2 unspecified atom stereocenters. The molecule has 1 aliphatic rings. The Bertz CT molecular complexity index is 840. The first kappa shape index (κ1) is 13.3. The van der Waals surface area contributed by atoms with Gasteiger partial charge in [0.25, 0.3) is 0 Å². The van der Waals surface area contributed by atoms with E-state index < -0.39 is 0 Å². The Kier molecular flexibility index (Phi) is 3.11. The van der Waals surface area contributed by atoms with Crippen molar-refractivity contribution >= 4 is 10.9 Å². The van der Waals surface area contributed by atoms with E-state index in [0.29, 0.717) is 11.8 Å². The van der Waals surface area contributed by atoms with Crippen molar-refractivity contribution in [2.24, 2.45) is 0 Å². The van der Waals surface area contributed by atoms with Crippen LogP contribution in [0.1, 0.15) is 35.6 Å². The SMILES string of the molecule is Cc1nc2ccccc2cc1C1COc2ccccc2C1C. The van der Waals surface area contributed by atoms with Gasteiger partial charge < -0.3 is 4.74 Å². The monoisotopic (exact) mass is 289 g/mol. The second-order valence-electron chi connectivity index (χ2n) is 6.10. The van der Waals surface area contributed by atoms with Gasteiger partial charge in [-0.1, -0.05) is 43.3 Å². The maximum atomic E-state index is 6.00. The zero-order chi connectivity index (χ0) is 15.1. The highest BCUT2D eigenvalue weighted by Gasteiger charge is 2.30. The van der Waals surface area contributed by atoms with Gasteiger partial charge in [-0.05, 0) is 42.2 Å². The first-order valence-electron chi connectivity index (χ1n) is 7.82. The van der Waals surface area contributed by atoms with E-state index in [2.05, 4.69) is 56.3 Å². The van der Waals surface area contributed by atoms with Crippen LogP contribution in [0.15, 0.2) is 54.6 Å². The standard InChI is InChI=1S/C20H19NO/c1-13-16-8-4-6-10-20(16)22-12-18(13)17-11-15-7-3-5-9-19(15)21-14(17)2/h3-11,13,18H,12H2,1-2H3. The lowest BCUT2D eigenvalue weighted by atomic mass is 9.80. The molecule has 1 aromatic heterocycles. The van der Waals surface area contributed by atoms with Crippen LogP contribution in [0.25, 0.3) is 10.9 Å². The molecular formula is C20H19NO. The van der Waals surface area contributed by atoms with Gasteiger partial charge in [-0.3, -0.25) is 4.98 Å². The number of benzene rings is 2. The first-order chi connectivity index (χ1) is 10.7. The number of aryl methyl sites for hydroxylation is 1. The highest BCUT2D eigenvalue weighted by molar-refractivity contribution is 5.79. The average molecular weight is 289 g/mol. The van der Waals surface area contributed by atoms with Gasteiger partial charge in [0.1, 0.15) is 5.75 Å². The zero-order valence-electron chi connectivity index (χ0n) is 12.9. The number of nitrogens with zero attached hydrogens (tertiary/aromatic N) is 1. The van der Waals surface area contributed by atoms with Crippen LogP contribution < -0.4 is 4.74 Å². The molecule has 2 heterocycles. The Morgan fingerprint density at radius 1 is 1.00 bits per heavy atom. The molecule has 0 fully saturated rings. The molecule has 0 aliphatic carbocycles. The van der Waals surface area contributed by atoms with Gasteiger partial charge in [-0.15, -0.1) is 0 Å². The molecule has 0 spiro atoms. The van der Waals surface area contributed by atoms with Gasteiger partial charge in [-0.2, -0.15) is 0 Å². The number of hydrogen-bond acceptors (Lipinski definition) is 2. The Labute approximate surface area is 130 Å². The summed E-state index contributed by atoms with van der Waals surface area (Å²) in [5.41, 5.74) is 4.78. The third kappa shape index (κ3) is 2.07. The molecule has 0 saturated heterocycles. The topological polar surface area (TPSA) is 22.1 Å². The molecule has 0 bridgehead atoms. The van der Waals surface area contributed by atoms with E-state index >= 15 is 0 Å². The van der Waals surface area contributed by atoms with Crippen LogP contribution in [-0.2, 0) is 0 Å². The molecule has 2 heteroatoms. The first-order valence-corrected chi connectivity index (χ1v) is 7.82. The highest BCUT2D eigenvalue weighted by Crippen LogP contribution is 2.42. The number of rotatable bonds is 1. The van der Waals surface area contributed by atoms with E-state index in [1.165, 1.54) is 16.5 Å². The number of para-hydroxylation sites is 2. The van der Waals surface area contributed by atoms with Crippen molar-refractivity contribution in [3.63, 3.8) is 0 Å². The van der Waals surface area contributed by atoms with E-state index in [-0.39, 0.29) is 0 Å². The van der Waals surface area contributed by atoms with Crippen LogP contribution in [0.3, 0.4) is 0 Å². The third-order valence-corrected chi connectivity index (χ3v) is 4.78. The summed E-state index contributed by atoms with van der Waals surface area (Å²) >= 11 is 0. The summed E-state index contributed by atoms with van der Waals surface area (Å²) < 4.78 is 6.00. The molecule has 3 aromatic rings. The largest absolute Gasteiger partial charge is 0.493 e. The molecule has 1 aliphatic heterocycles. The molecular weight excluding hydrogens is 270 g/mol. The molecule has 2 nitrogen and oxygen atoms in total. The average Bonchev–Trinajstić information content (AvgIpc) is 2.55. The van der Waals surface area contributed by atoms with E-state index in [0.717, 1.165) is 23.6 Å². The molecule has 2 aromatic carbocycles. The number of fused-ring (bicyclic) bond motifs is 2.